The lowest BCUT2D eigenvalue weighted by molar-refractivity contribution is -0.137. The van der Waals surface area contributed by atoms with Crippen LogP contribution in [0.15, 0.2) is 24.3 Å². The van der Waals surface area contributed by atoms with Crippen molar-refractivity contribution in [1.29, 1.82) is 0 Å². The fraction of sp³-hybridized carbons (Fsp3) is 0.333. The van der Waals surface area contributed by atoms with Crippen LogP contribution in [0.5, 0.6) is 0 Å². The lowest BCUT2D eigenvalue weighted by Gasteiger charge is -2.05. The Balaban J connectivity index is 2.26. The van der Waals surface area contributed by atoms with Crippen molar-refractivity contribution in [2.45, 2.75) is 25.8 Å². The molecule has 1 aromatic carbocycles. The Kier molecular flexibility index (Phi) is 5.00. The van der Waals surface area contributed by atoms with Gasteiger partial charge in [0.05, 0.1) is 0 Å². The summed E-state index contributed by atoms with van der Waals surface area (Å²) in [5.74, 6) is -1.03. The summed E-state index contributed by atoms with van der Waals surface area (Å²) >= 11 is 0. The topological polar surface area (TPSA) is 92.4 Å². The Morgan fingerprint density at radius 1 is 1.29 bits per heavy atom. The summed E-state index contributed by atoms with van der Waals surface area (Å²) in [6.45, 7) is 0.414. The first-order valence-electron chi connectivity index (χ1n) is 5.41. The van der Waals surface area contributed by atoms with E-state index in [0.29, 0.717) is 18.7 Å². The third kappa shape index (κ3) is 5.55. The molecule has 4 N–H and O–H groups in total. The van der Waals surface area contributed by atoms with Crippen LogP contribution in [0.25, 0.3) is 0 Å². The van der Waals surface area contributed by atoms with Crippen molar-refractivity contribution in [3.63, 3.8) is 0 Å². The molecule has 1 amide bonds. The molecule has 5 heteroatoms. The summed E-state index contributed by atoms with van der Waals surface area (Å²) in [6, 6.07) is 7.25. The van der Waals surface area contributed by atoms with E-state index >= 15 is 0 Å². The zero-order valence-corrected chi connectivity index (χ0v) is 9.48. The number of carbonyl (C=O) groups excluding carboxylic acids is 1. The van der Waals surface area contributed by atoms with Crippen molar-refractivity contribution in [3.05, 3.63) is 29.8 Å². The van der Waals surface area contributed by atoms with Gasteiger partial charge in [0.25, 0.3) is 0 Å². The van der Waals surface area contributed by atoms with Gasteiger partial charge in [-0.05, 0) is 24.1 Å². The number of carboxylic acids is 1. The minimum atomic E-state index is -0.881. The molecule has 0 fully saturated rings. The smallest absolute Gasteiger partial charge is 0.303 e. The van der Waals surface area contributed by atoms with Crippen LogP contribution in [0.3, 0.4) is 0 Å². The number of hydrogen-bond donors (Lipinski definition) is 3. The Morgan fingerprint density at radius 2 is 2.06 bits per heavy atom. The minimum Gasteiger partial charge on any atom is -0.481 e. The lowest BCUT2D eigenvalue weighted by atomic mass is 10.2. The van der Waals surface area contributed by atoms with Gasteiger partial charge in [0.1, 0.15) is 0 Å². The Hall–Kier alpha value is -2.04. The highest BCUT2D eigenvalue weighted by Crippen LogP contribution is 2.06. The van der Waals surface area contributed by atoms with Crippen LogP contribution in [0.2, 0.25) is 0 Å². The van der Waals surface area contributed by atoms with Crippen molar-refractivity contribution in [2.75, 3.05) is 5.73 Å². The average Bonchev–Trinajstić information content (AvgIpc) is 2.26. The predicted molar refractivity (Wildman–Crippen MR) is 64.2 cm³/mol. The number of nitrogen functional groups attached to an aromatic ring is 1. The summed E-state index contributed by atoms with van der Waals surface area (Å²) in [5, 5.41) is 11.1. The SMILES string of the molecule is Nc1cccc(CNC(=O)CCCC(=O)O)c1. The molecule has 0 aliphatic carbocycles. The molecule has 0 aliphatic heterocycles. The van der Waals surface area contributed by atoms with Crippen molar-refractivity contribution in [1.82, 2.24) is 5.32 Å². The molecule has 0 aliphatic rings. The third-order valence-corrected chi connectivity index (χ3v) is 2.24. The average molecular weight is 236 g/mol. The van der Waals surface area contributed by atoms with Gasteiger partial charge in [-0.25, -0.2) is 0 Å². The highest BCUT2D eigenvalue weighted by atomic mass is 16.4. The second-order valence-electron chi connectivity index (χ2n) is 3.77. The molecule has 0 atom stereocenters. The first-order chi connectivity index (χ1) is 8.08. The highest BCUT2D eigenvalue weighted by Gasteiger charge is 2.03. The second kappa shape index (κ2) is 6.52. The molecule has 1 aromatic rings. The standard InChI is InChI=1S/C12H16N2O3/c13-10-4-1-3-9(7-10)8-14-11(15)5-2-6-12(16)17/h1,3-4,7H,2,5-6,8,13H2,(H,14,15)(H,16,17). The van der Waals surface area contributed by atoms with E-state index < -0.39 is 5.97 Å². The summed E-state index contributed by atoms with van der Waals surface area (Å²) in [6.07, 6.45) is 0.610. The van der Waals surface area contributed by atoms with E-state index in [0.717, 1.165) is 5.56 Å². The van der Waals surface area contributed by atoms with Crippen LogP contribution in [0.1, 0.15) is 24.8 Å². The van der Waals surface area contributed by atoms with Gasteiger partial charge in [0.2, 0.25) is 5.91 Å². The van der Waals surface area contributed by atoms with E-state index in [1.54, 1.807) is 12.1 Å². The van der Waals surface area contributed by atoms with Gasteiger partial charge in [-0.15, -0.1) is 0 Å². The van der Waals surface area contributed by atoms with E-state index in [2.05, 4.69) is 5.32 Å². The summed E-state index contributed by atoms with van der Waals surface area (Å²) in [5.41, 5.74) is 7.18. The maximum Gasteiger partial charge on any atom is 0.303 e. The number of anilines is 1. The van der Waals surface area contributed by atoms with Crippen molar-refractivity contribution in [3.8, 4) is 0 Å². The number of rotatable bonds is 6. The van der Waals surface area contributed by atoms with Crippen molar-refractivity contribution in [2.24, 2.45) is 0 Å². The zero-order chi connectivity index (χ0) is 12.7. The number of hydrogen-bond acceptors (Lipinski definition) is 3. The molecule has 0 heterocycles. The first kappa shape index (κ1) is 13.0. The molecule has 0 aromatic heterocycles. The number of amides is 1. The summed E-state index contributed by atoms with van der Waals surface area (Å²) in [7, 11) is 0. The normalized spacial score (nSPS) is 9.88. The van der Waals surface area contributed by atoms with Crippen LogP contribution < -0.4 is 11.1 Å². The van der Waals surface area contributed by atoms with Gasteiger partial charge < -0.3 is 16.2 Å². The fourth-order valence-corrected chi connectivity index (χ4v) is 1.39. The number of nitrogens with one attached hydrogen (secondary N) is 1. The molecule has 0 unspecified atom stereocenters. The van der Waals surface area contributed by atoms with E-state index in [9.17, 15) is 9.59 Å². The summed E-state index contributed by atoms with van der Waals surface area (Å²) < 4.78 is 0. The van der Waals surface area contributed by atoms with Gasteiger partial charge in [-0.1, -0.05) is 12.1 Å². The van der Waals surface area contributed by atoms with Crippen LogP contribution in [-0.4, -0.2) is 17.0 Å². The maximum atomic E-state index is 11.3. The first-order valence-corrected chi connectivity index (χ1v) is 5.41. The van der Waals surface area contributed by atoms with Gasteiger partial charge >= 0.3 is 5.97 Å². The fourth-order valence-electron chi connectivity index (χ4n) is 1.39. The number of carbonyl (C=O) groups is 2. The molecule has 17 heavy (non-hydrogen) atoms. The van der Waals surface area contributed by atoms with Crippen LogP contribution in [0.4, 0.5) is 5.69 Å². The molecular formula is C12H16N2O3. The van der Waals surface area contributed by atoms with E-state index in [-0.39, 0.29) is 18.7 Å². The minimum absolute atomic E-state index is 0.0195. The molecule has 0 saturated carbocycles. The molecule has 1 rings (SSSR count). The molecule has 5 nitrogen and oxygen atoms in total. The van der Waals surface area contributed by atoms with Crippen molar-refractivity contribution < 1.29 is 14.7 Å². The zero-order valence-electron chi connectivity index (χ0n) is 9.48. The van der Waals surface area contributed by atoms with Gasteiger partial charge in [-0.2, -0.15) is 0 Å². The Morgan fingerprint density at radius 3 is 2.71 bits per heavy atom. The van der Waals surface area contributed by atoms with Gasteiger partial charge in [-0.3, -0.25) is 9.59 Å². The van der Waals surface area contributed by atoms with Crippen molar-refractivity contribution >= 4 is 17.6 Å². The van der Waals surface area contributed by atoms with E-state index in [4.69, 9.17) is 10.8 Å². The number of nitrogens with two attached hydrogens (primary N) is 1. The van der Waals surface area contributed by atoms with Crippen LogP contribution >= 0.6 is 0 Å². The molecule has 92 valence electrons. The number of aliphatic carboxylic acids is 1. The molecule has 0 saturated heterocycles. The number of carboxylic acid groups (broad SMARTS) is 1. The Bertz CT molecular complexity index is 404. The largest absolute Gasteiger partial charge is 0.481 e. The highest BCUT2D eigenvalue weighted by molar-refractivity contribution is 5.76. The predicted octanol–water partition coefficient (Wildman–Crippen LogP) is 1.14. The van der Waals surface area contributed by atoms with Crippen LogP contribution in [0, 0.1) is 0 Å². The maximum absolute atomic E-state index is 11.3. The molecule has 0 bridgehead atoms. The Labute approximate surface area is 99.6 Å². The molecule has 0 radical (unpaired) electrons. The van der Waals surface area contributed by atoms with E-state index in [1.807, 2.05) is 12.1 Å². The quantitative estimate of drug-likeness (QED) is 0.646. The van der Waals surface area contributed by atoms with Gasteiger partial charge in [0, 0.05) is 25.1 Å². The molecule has 0 spiro atoms. The van der Waals surface area contributed by atoms with Gasteiger partial charge in [0.15, 0.2) is 0 Å². The summed E-state index contributed by atoms with van der Waals surface area (Å²) in [4.78, 5) is 21.6. The molecular weight excluding hydrogens is 220 g/mol. The van der Waals surface area contributed by atoms with Crippen LogP contribution in [-0.2, 0) is 16.1 Å². The third-order valence-electron chi connectivity index (χ3n) is 2.24. The van der Waals surface area contributed by atoms with E-state index in [1.165, 1.54) is 0 Å². The number of benzene rings is 1. The lowest BCUT2D eigenvalue weighted by Crippen LogP contribution is -2.22. The second-order valence-corrected chi connectivity index (χ2v) is 3.77. The monoisotopic (exact) mass is 236 g/mol.